The number of aromatic amines is 1. The smallest absolute Gasteiger partial charge is 0.251 e. The summed E-state index contributed by atoms with van der Waals surface area (Å²) >= 11 is 0. The molecule has 0 aliphatic carbocycles. The summed E-state index contributed by atoms with van der Waals surface area (Å²) in [6.07, 6.45) is 5.13. The highest BCUT2D eigenvalue weighted by atomic mass is 19.1. The maximum absolute atomic E-state index is 13.3. The number of H-pyrrole nitrogens is 1. The van der Waals surface area contributed by atoms with E-state index in [2.05, 4.69) is 37.0 Å². The van der Waals surface area contributed by atoms with Gasteiger partial charge in [0, 0.05) is 50.5 Å². The van der Waals surface area contributed by atoms with E-state index in [0.717, 1.165) is 54.9 Å². The number of hydrogen-bond donors (Lipinski definition) is 2. The highest BCUT2D eigenvalue weighted by Gasteiger charge is 2.24. The number of fused-ring (bicyclic) bond motifs is 1. The van der Waals surface area contributed by atoms with Crippen molar-refractivity contribution in [1.29, 1.82) is 0 Å². The number of carbonyl (C=O) groups is 1. The molecule has 0 saturated carbocycles. The fraction of sp³-hybridized carbons (Fsp3) is 0.480. The van der Waals surface area contributed by atoms with Crippen LogP contribution < -0.4 is 15.0 Å². The van der Waals surface area contributed by atoms with E-state index in [1.165, 1.54) is 0 Å². The average Bonchev–Trinajstić information content (AvgIpc) is 3.45. The molecule has 34 heavy (non-hydrogen) atoms. The monoisotopic (exact) mass is 466 g/mol. The van der Waals surface area contributed by atoms with Gasteiger partial charge in [-0.2, -0.15) is 0 Å². The molecule has 0 bridgehead atoms. The van der Waals surface area contributed by atoms with Gasteiger partial charge in [0.25, 0.3) is 5.91 Å². The Labute approximate surface area is 198 Å². The summed E-state index contributed by atoms with van der Waals surface area (Å²) in [5.74, 6) is 1.53. The van der Waals surface area contributed by atoms with Crippen LogP contribution in [-0.4, -0.2) is 77.3 Å². The molecule has 4 heterocycles. The van der Waals surface area contributed by atoms with Crippen molar-refractivity contribution in [3.05, 3.63) is 47.9 Å². The Balaban J connectivity index is 1.13. The predicted molar refractivity (Wildman–Crippen MR) is 129 cm³/mol. The van der Waals surface area contributed by atoms with Crippen molar-refractivity contribution in [2.24, 2.45) is 0 Å². The second-order valence-corrected chi connectivity index (χ2v) is 9.19. The quantitative estimate of drug-likeness (QED) is 0.557. The third kappa shape index (κ3) is 4.99. The van der Waals surface area contributed by atoms with Crippen molar-refractivity contribution >= 4 is 22.8 Å². The summed E-state index contributed by atoms with van der Waals surface area (Å²) in [7, 11) is 0. The van der Waals surface area contributed by atoms with Gasteiger partial charge in [0.1, 0.15) is 36.3 Å². The van der Waals surface area contributed by atoms with Crippen molar-refractivity contribution in [2.75, 3.05) is 44.2 Å². The number of aromatic nitrogens is 3. The third-order valence-electron chi connectivity index (χ3n) is 6.76. The minimum Gasteiger partial charge on any atom is -0.492 e. The number of benzene rings is 1. The zero-order chi connectivity index (χ0) is 23.5. The zero-order valence-electron chi connectivity index (χ0n) is 19.5. The highest BCUT2D eigenvalue weighted by molar-refractivity contribution is 5.95. The molecule has 1 amide bonds. The number of nitrogens with one attached hydrogen (secondary N) is 2. The first-order chi connectivity index (χ1) is 16.6. The van der Waals surface area contributed by atoms with E-state index in [1.54, 1.807) is 18.5 Å². The minimum absolute atomic E-state index is 0.0883. The van der Waals surface area contributed by atoms with Crippen LogP contribution in [0.5, 0.6) is 5.75 Å². The third-order valence-corrected chi connectivity index (χ3v) is 6.76. The molecule has 8 nitrogen and oxygen atoms in total. The Bertz CT molecular complexity index is 1140. The van der Waals surface area contributed by atoms with Crippen molar-refractivity contribution in [2.45, 2.75) is 38.4 Å². The van der Waals surface area contributed by atoms with Crippen LogP contribution in [0.4, 0.5) is 10.2 Å². The van der Waals surface area contributed by atoms with Gasteiger partial charge >= 0.3 is 0 Å². The van der Waals surface area contributed by atoms with E-state index in [4.69, 9.17) is 4.74 Å². The molecule has 5 rings (SSSR count). The molecule has 2 aliphatic heterocycles. The van der Waals surface area contributed by atoms with Crippen LogP contribution in [0, 0.1) is 6.92 Å². The van der Waals surface area contributed by atoms with Gasteiger partial charge in [0.15, 0.2) is 0 Å². The molecule has 3 aromatic rings. The van der Waals surface area contributed by atoms with Crippen LogP contribution in [0.3, 0.4) is 0 Å². The van der Waals surface area contributed by atoms with Crippen LogP contribution in [0.15, 0.2) is 36.8 Å². The van der Waals surface area contributed by atoms with Gasteiger partial charge in [-0.15, -0.1) is 0 Å². The molecule has 2 N–H and O–H groups in total. The van der Waals surface area contributed by atoms with Gasteiger partial charge in [0.2, 0.25) is 0 Å². The summed E-state index contributed by atoms with van der Waals surface area (Å²) in [5.41, 5.74) is 2.58. The number of alkyl halides is 1. The summed E-state index contributed by atoms with van der Waals surface area (Å²) < 4.78 is 19.1. The number of hydrogen-bond acceptors (Lipinski definition) is 6. The van der Waals surface area contributed by atoms with E-state index in [0.29, 0.717) is 37.4 Å². The number of rotatable bonds is 7. The number of piperidine rings is 1. The molecule has 1 aromatic carbocycles. The van der Waals surface area contributed by atoms with Crippen LogP contribution >= 0.6 is 0 Å². The number of carbonyl (C=O) groups excluding carboxylic acids is 1. The summed E-state index contributed by atoms with van der Waals surface area (Å²) in [6, 6.07) is 7.38. The Morgan fingerprint density at radius 1 is 1.24 bits per heavy atom. The van der Waals surface area contributed by atoms with Crippen molar-refractivity contribution in [1.82, 2.24) is 25.2 Å². The molecule has 2 fully saturated rings. The number of nitrogens with zero attached hydrogens (tertiary/aromatic N) is 4. The second-order valence-electron chi connectivity index (χ2n) is 9.19. The predicted octanol–water partition coefficient (Wildman–Crippen LogP) is 3.09. The Morgan fingerprint density at radius 3 is 2.88 bits per heavy atom. The summed E-state index contributed by atoms with van der Waals surface area (Å²) in [5, 5.41) is 4.24. The first kappa shape index (κ1) is 22.6. The fourth-order valence-electron chi connectivity index (χ4n) is 4.85. The first-order valence-electron chi connectivity index (χ1n) is 12.0. The lowest BCUT2D eigenvalue weighted by atomic mass is 10.0. The lowest BCUT2D eigenvalue weighted by Crippen LogP contribution is -2.45. The van der Waals surface area contributed by atoms with Gasteiger partial charge in [-0.3, -0.25) is 9.69 Å². The van der Waals surface area contributed by atoms with Gasteiger partial charge < -0.3 is 19.9 Å². The minimum atomic E-state index is -0.723. The molecular weight excluding hydrogens is 435 g/mol. The molecule has 1 unspecified atom stereocenters. The molecule has 2 saturated heterocycles. The molecule has 0 radical (unpaired) electrons. The SMILES string of the molecule is Cc1c[nH]c2ncnc(N3CCC(NC(=O)c4cccc(OCCN5CCC(F)C5)c4)CC3)c12. The first-order valence-corrected chi connectivity index (χ1v) is 12.0. The fourth-order valence-corrected chi connectivity index (χ4v) is 4.85. The van der Waals surface area contributed by atoms with E-state index in [-0.39, 0.29) is 11.9 Å². The van der Waals surface area contributed by atoms with E-state index < -0.39 is 6.17 Å². The summed E-state index contributed by atoms with van der Waals surface area (Å²) in [4.78, 5) is 29.2. The van der Waals surface area contributed by atoms with E-state index >= 15 is 0 Å². The Morgan fingerprint density at radius 2 is 2.09 bits per heavy atom. The van der Waals surface area contributed by atoms with Gasteiger partial charge in [-0.25, -0.2) is 14.4 Å². The number of ether oxygens (including phenoxy) is 1. The van der Waals surface area contributed by atoms with Gasteiger partial charge in [0.05, 0.1) is 5.39 Å². The molecule has 0 spiro atoms. The maximum atomic E-state index is 13.3. The largest absolute Gasteiger partial charge is 0.492 e. The summed E-state index contributed by atoms with van der Waals surface area (Å²) in [6.45, 7) is 6.13. The van der Waals surface area contributed by atoms with Crippen LogP contribution in [-0.2, 0) is 0 Å². The van der Waals surface area contributed by atoms with Crippen molar-refractivity contribution in [3.8, 4) is 5.75 Å². The zero-order valence-corrected chi connectivity index (χ0v) is 19.5. The molecular formula is C25H31FN6O2. The Hall–Kier alpha value is -3.20. The number of aryl methyl sites for hydroxylation is 1. The highest BCUT2D eigenvalue weighted by Crippen LogP contribution is 2.28. The molecule has 2 aromatic heterocycles. The lowest BCUT2D eigenvalue weighted by Gasteiger charge is -2.33. The normalized spacial score (nSPS) is 19.6. The number of anilines is 1. The molecule has 2 aliphatic rings. The van der Waals surface area contributed by atoms with Gasteiger partial charge in [-0.05, 0) is 49.9 Å². The number of halogens is 1. The van der Waals surface area contributed by atoms with Gasteiger partial charge in [-0.1, -0.05) is 6.07 Å². The molecule has 180 valence electrons. The molecule has 1 atom stereocenters. The van der Waals surface area contributed by atoms with E-state index in [1.807, 2.05) is 18.3 Å². The van der Waals surface area contributed by atoms with Crippen molar-refractivity contribution in [3.63, 3.8) is 0 Å². The lowest BCUT2D eigenvalue weighted by molar-refractivity contribution is 0.0930. The van der Waals surface area contributed by atoms with E-state index in [9.17, 15) is 9.18 Å². The standard InChI is InChI=1S/C25H31FN6O2/c1-17-14-27-23-22(17)24(29-16-28-23)32-9-6-20(7-10-32)30-25(33)18-3-2-4-21(13-18)34-12-11-31-8-5-19(26)15-31/h2-4,13-14,16,19-20H,5-12,15H2,1H3,(H,30,33)(H,27,28,29). The number of amides is 1. The van der Waals surface area contributed by atoms with Crippen molar-refractivity contribution < 1.29 is 13.9 Å². The van der Waals surface area contributed by atoms with Crippen LogP contribution in [0.1, 0.15) is 35.2 Å². The molecule has 9 heteroatoms. The Kier molecular flexibility index (Phi) is 6.62. The second kappa shape index (κ2) is 9.97. The topological polar surface area (TPSA) is 86.4 Å². The maximum Gasteiger partial charge on any atom is 0.251 e. The van der Waals surface area contributed by atoms with Crippen LogP contribution in [0.25, 0.3) is 11.0 Å². The number of likely N-dealkylation sites (tertiary alicyclic amines) is 1. The average molecular weight is 467 g/mol. The van der Waals surface area contributed by atoms with Crippen LogP contribution in [0.2, 0.25) is 0 Å².